The first-order valence-corrected chi connectivity index (χ1v) is 8.94. The number of rotatable bonds is 2. The van der Waals surface area contributed by atoms with E-state index in [-0.39, 0.29) is 0 Å². The number of hydrogen-bond donors (Lipinski definition) is 0. The monoisotopic (exact) mass is 354 g/mol. The molecule has 0 fully saturated rings. The highest BCUT2D eigenvalue weighted by molar-refractivity contribution is 6.31. The molecule has 26 heavy (non-hydrogen) atoms. The smallest absolute Gasteiger partial charge is 0.136 e. The second-order valence-electron chi connectivity index (χ2n) is 6.37. The van der Waals surface area contributed by atoms with Gasteiger partial charge in [-0.3, -0.25) is 0 Å². The van der Waals surface area contributed by atoms with Crippen LogP contribution in [0, 0.1) is 0 Å². The Morgan fingerprint density at radius 1 is 0.577 bits per heavy atom. The molecule has 5 rings (SSSR count). The van der Waals surface area contributed by atoms with Gasteiger partial charge in [-0.2, -0.15) is 0 Å². The summed E-state index contributed by atoms with van der Waals surface area (Å²) >= 11 is 6.27. The van der Waals surface area contributed by atoms with Crippen LogP contribution in [-0.4, -0.2) is 0 Å². The van der Waals surface area contributed by atoms with Gasteiger partial charge in [-0.15, -0.1) is 0 Å². The molecule has 1 aromatic heterocycles. The van der Waals surface area contributed by atoms with Crippen molar-refractivity contribution in [2.75, 3.05) is 0 Å². The Bertz CT molecular complexity index is 1240. The average Bonchev–Trinajstić information content (AvgIpc) is 3.06. The van der Waals surface area contributed by atoms with Gasteiger partial charge in [0.15, 0.2) is 0 Å². The summed E-state index contributed by atoms with van der Waals surface area (Å²) in [6.45, 7) is 0. The van der Waals surface area contributed by atoms with E-state index in [2.05, 4.69) is 48.5 Å². The molecule has 0 aliphatic heterocycles. The molecule has 0 aliphatic carbocycles. The molecule has 1 nitrogen and oxygen atoms in total. The van der Waals surface area contributed by atoms with Crippen molar-refractivity contribution < 1.29 is 4.42 Å². The topological polar surface area (TPSA) is 13.1 Å². The fourth-order valence-electron chi connectivity index (χ4n) is 3.54. The molecule has 0 unspecified atom stereocenters. The Morgan fingerprint density at radius 2 is 1.35 bits per heavy atom. The van der Waals surface area contributed by atoms with E-state index >= 15 is 0 Å². The van der Waals surface area contributed by atoms with E-state index in [0.29, 0.717) is 0 Å². The number of furan rings is 1. The van der Waals surface area contributed by atoms with Gasteiger partial charge in [0.2, 0.25) is 0 Å². The van der Waals surface area contributed by atoms with Gasteiger partial charge in [0.25, 0.3) is 0 Å². The Hall–Kier alpha value is -3.03. The Balaban J connectivity index is 1.90. The minimum Gasteiger partial charge on any atom is -0.456 e. The first-order chi connectivity index (χ1) is 12.8. The molecule has 4 aromatic carbocycles. The highest BCUT2D eigenvalue weighted by Crippen LogP contribution is 2.40. The van der Waals surface area contributed by atoms with Crippen LogP contribution in [0.15, 0.2) is 95.4 Å². The van der Waals surface area contributed by atoms with Crippen molar-refractivity contribution in [2.24, 2.45) is 0 Å². The van der Waals surface area contributed by atoms with Crippen LogP contribution in [0.25, 0.3) is 44.2 Å². The molecule has 2 heteroatoms. The molecule has 0 spiro atoms. The van der Waals surface area contributed by atoms with E-state index in [4.69, 9.17) is 16.0 Å². The van der Waals surface area contributed by atoms with Crippen LogP contribution in [0.3, 0.4) is 0 Å². The van der Waals surface area contributed by atoms with Gasteiger partial charge >= 0.3 is 0 Å². The van der Waals surface area contributed by atoms with Gasteiger partial charge in [0.05, 0.1) is 0 Å². The zero-order valence-electron chi connectivity index (χ0n) is 13.9. The van der Waals surface area contributed by atoms with E-state index in [1.807, 2.05) is 42.5 Å². The Morgan fingerprint density at radius 3 is 2.19 bits per heavy atom. The number of para-hydroxylation sites is 1. The van der Waals surface area contributed by atoms with E-state index in [9.17, 15) is 0 Å². The van der Waals surface area contributed by atoms with Crippen LogP contribution in [0.4, 0.5) is 0 Å². The van der Waals surface area contributed by atoms with Crippen molar-refractivity contribution in [1.82, 2.24) is 0 Å². The standard InChI is InChI=1S/C24H15ClO/c25-19-10-6-9-17(13-19)21-14-18(16-7-2-1-3-8-16)15-23-24(21)20-11-4-5-12-22(20)26-23/h1-15H. The first kappa shape index (κ1) is 15.2. The van der Waals surface area contributed by atoms with Crippen molar-refractivity contribution in [3.8, 4) is 22.3 Å². The molecular formula is C24H15ClO. The average molecular weight is 355 g/mol. The van der Waals surface area contributed by atoms with E-state index in [1.165, 1.54) is 0 Å². The second-order valence-corrected chi connectivity index (χ2v) is 6.81. The predicted octanol–water partition coefficient (Wildman–Crippen LogP) is 7.57. The molecule has 1 heterocycles. The molecule has 0 bridgehead atoms. The van der Waals surface area contributed by atoms with Crippen LogP contribution in [0.1, 0.15) is 0 Å². The van der Waals surface area contributed by atoms with Crippen molar-refractivity contribution in [2.45, 2.75) is 0 Å². The van der Waals surface area contributed by atoms with Crippen molar-refractivity contribution in [3.63, 3.8) is 0 Å². The van der Waals surface area contributed by atoms with Gasteiger partial charge < -0.3 is 4.42 Å². The summed E-state index contributed by atoms with van der Waals surface area (Å²) in [6, 6.07) is 30.9. The summed E-state index contributed by atoms with van der Waals surface area (Å²) in [5.74, 6) is 0. The summed E-state index contributed by atoms with van der Waals surface area (Å²) in [7, 11) is 0. The third kappa shape index (κ3) is 2.49. The summed E-state index contributed by atoms with van der Waals surface area (Å²) in [6.07, 6.45) is 0. The highest BCUT2D eigenvalue weighted by atomic mass is 35.5. The summed E-state index contributed by atoms with van der Waals surface area (Å²) < 4.78 is 6.17. The normalized spacial score (nSPS) is 11.3. The maximum absolute atomic E-state index is 6.27. The summed E-state index contributed by atoms with van der Waals surface area (Å²) in [5, 5.41) is 2.98. The molecule has 5 aromatic rings. The molecular weight excluding hydrogens is 340 g/mol. The van der Waals surface area contributed by atoms with Crippen LogP contribution in [-0.2, 0) is 0 Å². The quantitative estimate of drug-likeness (QED) is 0.318. The molecule has 124 valence electrons. The summed E-state index contributed by atoms with van der Waals surface area (Å²) in [5.41, 5.74) is 6.31. The minimum atomic E-state index is 0.730. The molecule has 0 saturated heterocycles. The van der Waals surface area contributed by atoms with E-state index < -0.39 is 0 Å². The lowest BCUT2D eigenvalue weighted by molar-refractivity contribution is 0.669. The zero-order valence-corrected chi connectivity index (χ0v) is 14.7. The van der Waals surface area contributed by atoms with Gasteiger partial charge in [-0.25, -0.2) is 0 Å². The predicted molar refractivity (Wildman–Crippen MR) is 110 cm³/mol. The van der Waals surface area contributed by atoms with Crippen LogP contribution >= 0.6 is 11.6 Å². The van der Waals surface area contributed by atoms with Crippen molar-refractivity contribution in [3.05, 3.63) is 96.0 Å². The molecule has 0 saturated carbocycles. The van der Waals surface area contributed by atoms with Gasteiger partial charge in [-0.1, -0.05) is 72.3 Å². The lowest BCUT2D eigenvalue weighted by atomic mass is 9.94. The third-order valence-electron chi connectivity index (χ3n) is 4.72. The highest BCUT2D eigenvalue weighted by Gasteiger charge is 2.15. The third-order valence-corrected chi connectivity index (χ3v) is 4.96. The Labute approximate surface area is 156 Å². The minimum absolute atomic E-state index is 0.730. The molecule has 0 amide bonds. The van der Waals surface area contributed by atoms with Gasteiger partial charge in [-0.05, 0) is 52.6 Å². The number of fused-ring (bicyclic) bond motifs is 3. The maximum Gasteiger partial charge on any atom is 0.136 e. The first-order valence-electron chi connectivity index (χ1n) is 8.56. The lowest BCUT2D eigenvalue weighted by Crippen LogP contribution is -1.84. The van der Waals surface area contributed by atoms with E-state index in [1.54, 1.807) is 0 Å². The number of hydrogen-bond acceptors (Lipinski definition) is 1. The molecule has 0 atom stereocenters. The Kier molecular flexibility index (Phi) is 3.55. The molecule has 0 aliphatic rings. The maximum atomic E-state index is 6.27. The van der Waals surface area contributed by atoms with Crippen molar-refractivity contribution >= 4 is 33.5 Å². The van der Waals surface area contributed by atoms with E-state index in [0.717, 1.165) is 49.2 Å². The van der Waals surface area contributed by atoms with Crippen LogP contribution in [0.5, 0.6) is 0 Å². The fourth-order valence-corrected chi connectivity index (χ4v) is 3.73. The molecule has 0 radical (unpaired) electrons. The second kappa shape index (κ2) is 6.05. The SMILES string of the molecule is Clc1cccc(-c2cc(-c3ccccc3)cc3oc4ccccc4c23)c1. The largest absolute Gasteiger partial charge is 0.456 e. The van der Waals surface area contributed by atoms with Gasteiger partial charge in [0.1, 0.15) is 11.2 Å². The van der Waals surface area contributed by atoms with Gasteiger partial charge in [0, 0.05) is 15.8 Å². The lowest BCUT2D eigenvalue weighted by Gasteiger charge is -2.09. The number of benzene rings is 4. The van der Waals surface area contributed by atoms with Crippen LogP contribution < -0.4 is 0 Å². The molecule has 0 N–H and O–H groups in total. The fraction of sp³-hybridized carbons (Fsp3) is 0. The number of halogens is 1. The summed E-state index contributed by atoms with van der Waals surface area (Å²) in [4.78, 5) is 0. The van der Waals surface area contributed by atoms with Crippen LogP contribution in [0.2, 0.25) is 5.02 Å². The zero-order chi connectivity index (χ0) is 17.5. The van der Waals surface area contributed by atoms with Crippen molar-refractivity contribution in [1.29, 1.82) is 0 Å².